The minimum atomic E-state index is -4.60. The molecule has 346 valence electrons. The van der Waals surface area contributed by atoms with E-state index in [1.54, 1.807) is 6.08 Å². The monoisotopic (exact) mass is 851 g/mol. The Labute approximate surface area is 365 Å². The Morgan fingerprint density at radius 3 is 1.51 bits per heavy atom. The van der Waals surface area contributed by atoms with Gasteiger partial charge in [-0.1, -0.05) is 204 Å². The van der Waals surface area contributed by atoms with Gasteiger partial charge in [0.25, 0.3) is 7.82 Å². The van der Waals surface area contributed by atoms with Crippen molar-refractivity contribution in [1.82, 2.24) is 5.32 Å². The van der Waals surface area contributed by atoms with E-state index in [0.717, 1.165) is 64.2 Å². The Kier molecular flexibility index (Phi) is 40.7. The molecule has 0 aliphatic heterocycles. The number of nitrogens with zero attached hydrogens (tertiary/aromatic N) is 1. The van der Waals surface area contributed by atoms with Gasteiger partial charge in [-0.05, 0) is 51.4 Å². The number of amides is 1. The molecule has 3 unspecified atom stereocenters. The molecule has 9 heteroatoms. The molecular weight excluding hydrogens is 756 g/mol. The summed E-state index contributed by atoms with van der Waals surface area (Å²) in [5, 5.41) is 13.8. The molecule has 0 rings (SSSR count). The van der Waals surface area contributed by atoms with Crippen LogP contribution in [0.25, 0.3) is 0 Å². The van der Waals surface area contributed by atoms with Crippen LogP contribution >= 0.6 is 7.82 Å². The van der Waals surface area contributed by atoms with Gasteiger partial charge in [0.15, 0.2) is 0 Å². The Morgan fingerprint density at radius 2 is 1.03 bits per heavy atom. The zero-order chi connectivity index (χ0) is 43.6. The Morgan fingerprint density at radius 1 is 0.610 bits per heavy atom. The van der Waals surface area contributed by atoms with E-state index in [1.165, 1.54) is 128 Å². The van der Waals surface area contributed by atoms with E-state index in [2.05, 4.69) is 55.6 Å². The number of allylic oxidation sites excluding steroid dienone is 7. The standard InChI is InChI=1S/C50H95N2O6P/c1-6-8-10-12-14-16-18-20-21-22-23-24-25-26-27-28-29-30-32-33-35-37-39-41-43-49(53)48(47-58-59(55,56)57-46-45-52(3,4)5)51-50(54)44-42-40-38-36-34-31-19-17-15-13-11-9-7-2/h9,11,15,17,31,34,41,43,48-49,53H,6-8,10,12-14,16,18-30,32-33,35-40,42,44-47H2,1-5H3,(H-,51,54,55,56)/b11-9-,17-15-,34-31-,43-41+. The number of carbonyl (C=O) groups is 1. The summed E-state index contributed by atoms with van der Waals surface area (Å²) in [6, 6.07) is -0.902. The lowest BCUT2D eigenvalue weighted by Crippen LogP contribution is -2.45. The number of nitrogens with one attached hydrogen (secondary N) is 1. The number of aliphatic hydroxyl groups is 1. The first-order valence-electron chi connectivity index (χ1n) is 24.5. The van der Waals surface area contributed by atoms with Crippen LogP contribution in [-0.4, -0.2) is 68.5 Å². The second kappa shape index (κ2) is 41.8. The third-order valence-corrected chi connectivity index (χ3v) is 11.8. The molecular formula is C50H95N2O6P. The zero-order valence-corrected chi connectivity index (χ0v) is 40.1. The molecule has 0 saturated carbocycles. The molecule has 0 fully saturated rings. The van der Waals surface area contributed by atoms with Crippen LogP contribution in [0.3, 0.4) is 0 Å². The number of hydrogen-bond acceptors (Lipinski definition) is 6. The van der Waals surface area contributed by atoms with E-state index < -0.39 is 26.6 Å². The van der Waals surface area contributed by atoms with E-state index in [4.69, 9.17) is 9.05 Å². The van der Waals surface area contributed by atoms with E-state index in [0.29, 0.717) is 17.4 Å². The fourth-order valence-corrected chi connectivity index (χ4v) is 7.65. The van der Waals surface area contributed by atoms with E-state index in [-0.39, 0.29) is 12.5 Å². The Balaban J connectivity index is 4.29. The van der Waals surface area contributed by atoms with Crippen molar-refractivity contribution in [3.05, 3.63) is 48.6 Å². The minimum absolute atomic E-state index is 0.00810. The predicted octanol–water partition coefficient (Wildman–Crippen LogP) is 13.4. The largest absolute Gasteiger partial charge is 0.756 e. The number of hydrogen-bond donors (Lipinski definition) is 2. The fraction of sp³-hybridized carbons (Fsp3) is 0.820. The summed E-state index contributed by atoms with van der Waals surface area (Å²) in [7, 11) is 1.24. The van der Waals surface area contributed by atoms with Crippen molar-refractivity contribution in [3.63, 3.8) is 0 Å². The first-order valence-corrected chi connectivity index (χ1v) is 26.0. The van der Waals surface area contributed by atoms with Gasteiger partial charge in [0.1, 0.15) is 13.2 Å². The van der Waals surface area contributed by atoms with Gasteiger partial charge in [-0.25, -0.2) is 0 Å². The fourth-order valence-electron chi connectivity index (χ4n) is 6.93. The van der Waals surface area contributed by atoms with Gasteiger partial charge in [0, 0.05) is 6.42 Å². The second-order valence-corrected chi connectivity index (χ2v) is 19.2. The number of rotatable bonds is 44. The summed E-state index contributed by atoms with van der Waals surface area (Å²) >= 11 is 0. The lowest BCUT2D eigenvalue weighted by Gasteiger charge is -2.29. The van der Waals surface area contributed by atoms with Gasteiger partial charge in [0.2, 0.25) is 5.91 Å². The van der Waals surface area contributed by atoms with Crippen LogP contribution < -0.4 is 10.2 Å². The molecule has 59 heavy (non-hydrogen) atoms. The van der Waals surface area contributed by atoms with Crippen LogP contribution in [0.15, 0.2) is 48.6 Å². The van der Waals surface area contributed by atoms with Crippen molar-refractivity contribution < 1.29 is 32.9 Å². The average molecular weight is 851 g/mol. The highest BCUT2D eigenvalue weighted by Gasteiger charge is 2.23. The summed E-state index contributed by atoms with van der Waals surface area (Å²) in [5.74, 6) is -0.227. The Hall–Kier alpha value is -1.54. The number of phosphoric ester groups is 1. The van der Waals surface area contributed by atoms with Crippen LogP contribution in [0, 0.1) is 0 Å². The smallest absolute Gasteiger partial charge is 0.268 e. The van der Waals surface area contributed by atoms with Crippen LogP contribution in [0.2, 0.25) is 0 Å². The highest BCUT2D eigenvalue weighted by atomic mass is 31.2. The molecule has 0 aliphatic carbocycles. The molecule has 0 aliphatic rings. The highest BCUT2D eigenvalue weighted by Crippen LogP contribution is 2.38. The summed E-state index contributed by atoms with van der Waals surface area (Å²) in [6.07, 6.45) is 53.2. The van der Waals surface area contributed by atoms with E-state index >= 15 is 0 Å². The normalized spacial score (nSPS) is 14.6. The molecule has 8 nitrogen and oxygen atoms in total. The first kappa shape index (κ1) is 57.5. The molecule has 0 aromatic carbocycles. The quantitative estimate of drug-likeness (QED) is 0.0274. The number of aliphatic hydroxyl groups excluding tert-OH is 1. The van der Waals surface area contributed by atoms with Crippen molar-refractivity contribution in [2.24, 2.45) is 0 Å². The highest BCUT2D eigenvalue weighted by molar-refractivity contribution is 7.45. The number of phosphoric acid groups is 1. The molecule has 2 N–H and O–H groups in total. The number of carbonyl (C=O) groups excluding carboxylic acids is 1. The lowest BCUT2D eigenvalue weighted by atomic mass is 10.0. The van der Waals surface area contributed by atoms with Crippen molar-refractivity contribution >= 4 is 13.7 Å². The van der Waals surface area contributed by atoms with Gasteiger partial charge >= 0.3 is 0 Å². The van der Waals surface area contributed by atoms with Gasteiger partial charge in [-0.15, -0.1) is 0 Å². The topological polar surface area (TPSA) is 108 Å². The summed E-state index contributed by atoms with van der Waals surface area (Å²) in [4.78, 5) is 25.3. The number of quaternary nitrogens is 1. The van der Waals surface area contributed by atoms with Crippen molar-refractivity contribution in [2.75, 3.05) is 40.9 Å². The maximum atomic E-state index is 12.8. The van der Waals surface area contributed by atoms with Crippen molar-refractivity contribution in [2.45, 2.75) is 225 Å². The van der Waals surface area contributed by atoms with Crippen LogP contribution in [0.4, 0.5) is 0 Å². The molecule has 1 amide bonds. The molecule has 0 aromatic rings. The van der Waals surface area contributed by atoms with Crippen molar-refractivity contribution in [3.8, 4) is 0 Å². The molecule has 0 aromatic heterocycles. The average Bonchev–Trinajstić information content (AvgIpc) is 3.19. The first-order chi connectivity index (χ1) is 28.5. The van der Waals surface area contributed by atoms with Gasteiger partial charge in [0.05, 0.1) is 39.9 Å². The molecule has 0 bridgehead atoms. The SMILES string of the molecule is CC/C=C\C/C=C\C/C=C\CCCCCC(=O)NC(COP(=O)([O-])OCC[N+](C)(C)C)C(O)/C=C/CCCCCCCCCCCCCCCCCCCCCCCC. The Bertz CT molecular complexity index is 1100. The van der Waals surface area contributed by atoms with Crippen molar-refractivity contribution in [1.29, 1.82) is 0 Å². The number of likely N-dealkylation sites (N-methyl/N-ethyl adjacent to an activating group) is 1. The van der Waals surface area contributed by atoms with Crippen LogP contribution in [0.1, 0.15) is 213 Å². The molecule has 0 radical (unpaired) electrons. The van der Waals surface area contributed by atoms with Gasteiger partial charge in [-0.3, -0.25) is 9.36 Å². The van der Waals surface area contributed by atoms with Crippen LogP contribution in [0.5, 0.6) is 0 Å². The van der Waals surface area contributed by atoms with Gasteiger partial charge < -0.3 is 28.8 Å². The maximum absolute atomic E-state index is 12.8. The second-order valence-electron chi connectivity index (χ2n) is 17.8. The summed E-state index contributed by atoms with van der Waals surface area (Å²) < 4.78 is 23.2. The predicted molar refractivity (Wildman–Crippen MR) is 251 cm³/mol. The zero-order valence-electron chi connectivity index (χ0n) is 39.2. The minimum Gasteiger partial charge on any atom is -0.756 e. The molecule has 3 atom stereocenters. The van der Waals surface area contributed by atoms with Gasteiger partial charge in [-0.2, -0.15) is 0 Å². The van der Waals surface area contributed by atoms with E-state index in [9.17, 15) is 19.4 Å². The third-order valence-electron chi connectivity index (χ3n) is 10.8. The lowest BCUT2D eigenvalue weighted by molar-refractivity contribution is -0.870. The summed E-state index contributed by atoms with van der Waals surface area (Å²) in [6.45, 7) is 4.51. The maximum Gasteiger partial charge on any atom is 0.268 e. The third kappa shape index (κ3) is 44.3. The molecule has 0 heterocycles. The van der Waals surface area contributed by atoms with Crippen LogP contribution in [-0.2, 0) is 18.4 Å². The number of unbranched alkanes of at least 4 members (excludes halogenated alkanes) is 25. The van der Waals surface area contributed by atoms with E-state index in [1.807, 2.05) is 27.2 Å². The molecule has 0 spiro atoms. The summed E-state index contributed by atoms with van der Waals surface area (Å²) in [5.41, 5.74) is 0. The molecule has 0 saturated heterocycles.